The second kappa shape index (κ2) is 10.9. The van der Waals surface area contributed by atoms with Crippen molar-refractivity contribution in [1.29, 1.82) is 0 Å². The largest absolute Gasteiger partial charge is 0.310 e. The van der Waals surface area contributed by atoms with Gasteiger partial charge in [-0.3, -0.25) is 0 Å². The first-order valence-corrected chi connectivity index (χ1v) is 18.4. The van der Waals surface area contributed by atoms with Crippen LogP contribution in [0.4, 0.5) is 17.1 Å². The molecule has 0 saturated heterocycles. The second-order valence-corrected chi connectivity index (χ2v) is 14.6. The minimum atomic E-state index is -0.559. The maximum Gasteiger partial charge on any atom is 0.0726 e. The highest BCUT2D eigenvalue weighted by Crippen LogP contribution is 2.63. The summed E-state index contributed by atoms with van der Waals surface area (Å²) in [6, 6.07) is 69.8. The summed E-state index contributed by atoms with van der Waals surface area (Å²) in [4.78, 5) is 2.40. The van der Waals surface area contributed by atoms with Crippen LogP contribution in [0.1, 0.15) is 22.3 Å². The van der Waals surface area contributed by atoms with E-state index in [9.17, 15) is 0 Å². The Morgan fingerprint density at radius 1 is 0.353 bits per heavy atom. The highest BCUT2D eigenvalue weighted by atomic mass is 32.1. The molecule has 1 nitrogen and oxygen atoms in total. The fraction of sp³-hybridized carbons (Fsp3) is 0.0204. The van der Waals surface area contributed by atoms with Crippen LogP contribution in [0, 0.1) is 0 Å². The van der Waals surface area contributed by atoms with Crippen LogP contribution >= 0.6 is 11.3 Å². The van der Waals surface area contributed by atoms with Gasteiger partial charge in [0.15, 0.2) is 0 Å². The van der Waals surface area contributed by atoms with E-state index in [2.05, 4.69) is 193 Å². The molecule has 238 valence electrons. The summed E-state index contributed by atoms with van der Waals surface area (Å²) in [6.07, 6.45) is 0. The zero-order valence-corrected chi connectivity index (χ0v) is 28.6. The van der Waals surface area contributed by atoms with Gasteiger partial charge in [0.05, 0.1) is 5.41 Å². The number of para-hydroxylation sites is 2. The van der Waals surface area contributed by atoms with Gasteiger partial charge in [0.25, 0.3) is 0 Å². The van der Waals surface area contributed by atoms with Crippen molar-refractivity contribution in [3.63, 3.8) is 0 Å². The molecule has 1 spiro atoms. The van der Waals surface area contributed by atoms with Crippen molar-refractivity contribution in [3.8, 4) is 33.4 Å². The van der Waals surface area contributed by atoms with Gasteiger partial charge in [-0.1, -0.05) is 146 Å². The van der Waals surface area contributed by atoms with E-state index in [0.717, 1.165) is 17.1 Å². The quantitative estimate of drug-likeness (QED) is 0.182. The molecule has 11 rings (SSSR count). The molecule has 0 amide bonds. The monoisotopic (exact) mass is 665 g/mol. The van der Waals surface area contributed by atoms with E-state index in [-0.39, 0.29) is 0 Å². The SMILES string of the molecule is c1ccc(N(c2ccccc2)c2ccc3c(c2)C2(c4ccccc4-c4ccccc4-3)c3ccccc3-c3c2ccc2c3sc3ccccc32)cc1. The van der Waals surface area contributed by atoms with Gasteiger partial charge in [-0.2, -0.15) is 0 Å². The summed E-state index contributed by atoms with van der Waals surface area (Å²) < 4.78 is 2.70. The van der Waals surface area contributed by atoms with E-state index in [1.54, 1.807) is 0 Å². The summed E-state index contributed by atoms with van der Waals surface area (Å²) in [5.41, 5.74) is 15.9. The lowest BCUT2D eigenvalue weighted by atomic mass is 9.65. The molecule has 0 fully saturated rings. The van der Waals surface area contributed by atoms with Crippen LogP contribution in [0.2, 0.25) is 0 Å². The van der Waals surface area contributed by atoms with Crippen molar-refractivity contribution in [2.45, 2.75) is 5.41 Å². The highest BCUT2D eigenvalue weighted by Gasteiger charge is 2.50. The number of fused-ring (bicyclic) bond motifs is 16. The Balaban J connectivity index is 1.32. The van der Waals surface area contributed by atoms with E-state index in [4.69, 9.17) is 0 Å². The fourth-order valence-electron chi connectivity index (χ4n) is 9.08. The van der Waals surface area contributed by atoms with Crippen LogP contribution in [0.5, 0.6) is 0 Å². The van der Waals surface area contributed by atoms with Crippen molar-refractivity contribution in [2.24, 2.45) is 0 Å². The van der Waals surface area contributed by atoms with E-state index < -0.39 is 5.41 Å². The number of benzene rings is 8. The van der Waals surface area contributed by atoms with Crippen LogP contribution in [0.25, 0.3) is 53.6 Å². The van der Waals surface area contributed by atoms with E-state index in [1.807, 2.05) is 11.3 Å². The number of nitrogens with zero attached hydrogens (tertiary/aromatic N) is 1. The Bertz CT molecular complexity index is 2770. The van der Waals surface area contributed by atoms with E-state index in [1.165, 1.54) is 75.8 Å². The second-order valence-electron chi connectivity index (χ2n) is 13.6. The lowest BCUT2D eigenvalue weighted by molar-refractivity contribution is 0.776. The van der Waals surface area contributed by atoms with Gasteiger partial charge in [0.1, 0.15) is 0 Å². The van der Waals surface area contributed by atoms with Gasteiger partial charge in [0.2, 0.25) is 0 Å². The topological polar surface area (TPSA) is 3.24 Å². The Kier molecular flexibility index (Phi) is 6.11. The van der Waals surface area contributed by atoms with Crippen LogP contribution in [-0.2, 0) is 5.41 Å². The Morgan fingerprint density at radius 2 is 0.902 bits per heavy atom. The highest BCUT2D eigenvalue weighted by molar-refractivity contribution is 7.26. The molecule has 0 aliphatic heterocycles. The molecule has 1 aromatic heterocycles. The minimum Gasteiger partial charge on any atom is -0.310 e. The van der Waals surface area contributed by atoms with Gasteiger partial charge in [0, 0.05) is 42.8 Å². The molecule has 0 saturated carbocycles. The first-order chi connectivity index (χ1) is 25.3. The van der Waals surface area contributed by atoms with Gasteiger partial charge < -0.3 is 4.90 Å². The molecule has 8 aromatic carbocycles. The fourth-order valence-corrected chi connectivity index (χ4v) is 10.3. The molecule has 2 aliphatic rings. The number of hydrogen-bond donors (Lipinski definition) is 0. The number of thiophene rings is 1. The van der Waals surface area contributed by atoms with Crippen LogP contribution < -0.4 is 4.90 Å². The minimum absolute atomic E-state index is 0.559. The molecule has 2 heteroatoms. The first-order valence-electron chi connectivity index (χ1n) is 17.6. The van der Waals surface area contributed by atoms with Gasteiger partial charge in [-0.25, -0.2) is 0 Å². The van der Waals surface area contributed by atoms with E-state index >= 15 is 0 Å². The molecule has 0 N–H and O–H groups in total. The van der Waals surface area contributed by atoms with Crippen molar-refractivity contribution >= 4 is 48.6 Å². The number of hydrogen-bond acceptors (Lipinski definition) is 2. The average Bonchev–Trinajstić information content (AvgIpc) is 3.70. The summed E-state index contributed by atoms with van der Waals surface area (Å²) in [7, 11) is 0. The molecule has 51 heavy (non-hydrogen) atoms. The van der Waals surface area contributed by atoms with Crippen molar-refractivity contribution in [1.82, 2.24) is 0 Å². The van der Waals surface area contributed by atoms with Crippen molar-refractivity contribution < 1.29 is 0 Å². The molecule has 1 unspecified atom stereocenters. The summed E-state index contributed by atoms with van der Waals surface area (Å²) in [6.45, 7) is 0. The van der Waals surface area contributed by atoms with Gasteiger partial charge in [-0.15, -0.1) is 11.3 Å². The maximum atomic E-state index is 2.50. The zero-order valence-electron chi connectivity index (χ0n) is 27.8. The molecule has 0 radical (unpaired) electrons. The maximum absolute atomic E-state index is 2.50. The first kappa shape index (κ1) is 28.6. The smallest absolute Gasteiger partial charge is 0.0726 e. The third kappa shape index (κ3) is 3.91. The van der Waals surface area contributed by atoms with E-state index in [0.29, 0.717) is 0 Å². The van der Waals surface area contributed by atoms with Crippen LogP contribution in [-0.4, -0.2) is 0 Å². The van der Waals surface area contributed by atoms with Crippen molar-refractivity contribution in [2.75, 3.05) is 4.90 Å². The van der Waals surface area contributed by atoms with Crippen molar-refractivity contribution in [3.05, 3.63) is 210 Å². The van der Waals surface area contributed by atoms with Crippen LogP contribution in [0.3, 0.4) is 0 Å². The summed E-state index contributed by atoms with van der Waals surface area (Å²) in [5.74, 6) is 0. The van der Waals surface area contributed by atoms with Gasteiger partial charge in [-0.05, 0) is 92.5 Å². The third-order valence-electron chi connectivity index (χ3n) is 11.1. The lowest BCUT2D eigenvalue weighted by Crippen LogP contribution is -2.29. The summed E-state index contributed by atoms with van der Waals surface area (Å²) in [5, 5.41) is 2.66. The van der Waals surface area contributed by atoms with Crippen LogP contribution in [0.15, 0.2) is 188 Å². The molecule has 0 bridgehead atoms. The average molecular weight is 666 g/mol. The zero-order chi connectivity index (χ0) is 33.5. The lowest BCUT2D eigenvalue weighted by Gasteiger charge is -2.36. The standard InChI is InChI=1S/C49H31NS/c1-3-15-32(16-4-1)50(33-17-5-2-6-18-33)34-27-28-38-36-20-8-7-19-35(36)37-21-9-12-24-42(37)49(45(38)31-34)43-25-13-10-23-41(43)47-44(49)30-29-40-39-22-11-14-26-46(39)51-48(40)47/h1-31H. The normalized spacial score (nSPS) is 15.1. The Hall–Kier alpha value is -6.22. The number of anilines is 3. The molecule has 9 aromatic rings. The third-order valence-corrected chi connectivity index (χ3v) is 12.3. The Morgan fingerprint density at radius 3 is 1.61 bits per heavy atom. The Labute approximate surface area is 301 Å². The molecule has 2 aliphatic carbocycles. The van der Waals surface area contributed by atoms with Gasteiger partial charge >= 0.3 is 0 Å². The predicted molar refractivity (Wildman–Crippen MR) is 216 cm³/mol. The summed E-state index contributed by atoms with van der Waals surface area (Å²) >= 11 is 1.93. The molecule has 1 atom stereocenters. The molecular formula is C49H31NS. The number of rotatable bonds is 3. The molecule has 1 heterocycles. The predicted octanol–water partition coefficient (Wildman–Crippen LogP) is 13.5. The molecular weight excluding hydrogens is 635 g/mol.